The summed E-state index contributed by atoms with van der Waals surface area (Å²) < 4.78 is 6.51. The molecule has 0 aliphatic rings. The van der Waals surface area contributed by atoms with Crippen LogP contribution in [-0.2, 0) is 0 Å². The van der Waals surface area contributed by atoms with E-state index >= 15 is 0 Å². The summed E-state index contributed by atoms with van der Waals surface area (Å²) >= 11 is 5.72. The van der Waals surface area contributed by atoms with Gasteiger partial charge in [0.25, 0.3) is 5.91 Å². The van der Waals surface area contributed by atoms with E-state index in [4.69, 9.17) is 16.3 Å². The molecule has 1 heterocycles. The molecule has 0 N–H and O–H groups in total. The standard InChI is InChI=1S/C11H9ClN2O2/c12-9-2-4-10(5-3-9)16-8-11(15)14-7-1-6-13-14/h1-7H,8H2. The van der Waals surface area contributed by atoms with E-state index in [1.165, 1.54) is 4.68 Å². The first-order chi connectivity index (χ1) is 7.75. The maximum absolute atomic E-state index is 11.5. The zero-order chi connectivity index (χ0) is 11.4. The van der Waals surface area contributed by atoms with Gasteiger partial charge in [-0.05, 0) is 30.3 Å². The van der Waals surface area contributed by atoms with E-state index in [2.05, 4.69) is 5.10 Å². The highest BCUT2D eigenvalue weighted by atomic mass is 35.5. The predicted molar refractivity (Wildman–Crippen MR) is 59.8 cm³/mol. The molecule has 4 nitrogen and oxygen atoms in total. The summed E-state index contributed by atoms with van der Waals surface area (Å²) in [5.74, 6) is 0.379. The van der Waals surface area contributed by atoms with Gasteiger partial charge in [-0.1, -0.05) is 11.6 Å². The van der Waals surface area contributed by atoms with E-state index in [1.807, 2.05) is 0 Å². The Morgan fingerprint density at radius 2 is 2.12 bits per heavy atom. The Labute approximate surface area is 97.4 Å². The second-order valence-electron chi connectivity index (χ2n) is 3.09. The molecule has 1 aromatic heterocycles. The van der Waals surface area contributed by atoms with Crippen molar-refractivity contribution in [2.24, 2.45) is 0 Å². The SMILES string of the molecule is O=C(COc1ccc(Cl)cc1)n1cccn1. The Morgan fingerprint density at radius 3 is 2.75 bits per heavy atom. The smallest absolute Gasteiger partial charge is 0.284 e. The van der Waals surface area contributed by atoms with Crippen molar-refractivity contribution in [2.75, 3.05) is 6.61 Å². The second-order valence-corrected chi connectivity index (χ2v) is 3.52. The highest BCUT2D eigenvalue weighted by Gasteiger charge is 2.05. The van der Waals surface area contributed by atoms with Crippen molar-refractivity contribution < 1.29 is 9.53 Å². The summed E-state index contributed by atoms with van der Waals surface area (Å²) in [5.41, 5.74) is 0. The summed E-state index contributed by atoms with van der Waals surface area (Å²) in [6, 6.07) is 8.50. The van der Waals surface area contributed by atoms with E-state index < -0.39 is 0 Å². The summed E-state index contributed by atoms with van der Waals surface area (Å²) in [4.78, 5) is 11.5. The number of hydrogen-bond donors (Lipinski definition) is 0. The summed E-state index contributed by atoms with van der Waals surface area (Å²) in [7, 11) is 0. The maximum atomic E-state index is 11.5. The predicted octanol–water partition coefficient (Wildman–Crippen LogP) is 2.26. The van der Waals surface area contributed by atoms with E-state index in [-0.39, 0.29) is 12.5 Å². The van der Waals surface area contributed by atoms with Crippen LogP contribution in [0.5, 0.6) is 5.75 Å². The molecule has 0 bridgehead atoms. The number of halogens is 1. The molecule has 0 unspecified atom stereocenters. The Bertz CT molecular complexity index is 465. The largest absolute Gasteiger partial charge is 0.484 e. The minimum atomic E-state index is -0.222. The molecule has 0 spiro atoms. The molecule has 5 heteroatoms. The van der Waals surface area contributed by atoms with Gasteiger partial charge in [-0.3, -0.25) is 4.79 Å². The van der Waals surface area contributed by atoms with Crippen molar-refractivity contribution in [3.8, 4) is 5.75 Å². The molecular formula is C11H9ClN2O2. The van der Waals surface area contributed by atoms with Crippen LogP contribution in [0.4, 0.5) is 0 Å². The minimum absolute atomic E-state index is 0.0523. The van der Waals surface area contributed by atoms with Gasteiger partial charge in [-0.25, -0.2) is 4.68 Å². The molecule has 0 aliphatic heterocycles. The van der Waals surface area contributed by atoms with Crippen LogP contribution in [0.25, 0.3) is 0 Å². The molecule has 16 heavy (non-hydrogen) atoms. The van der Waals surface area contributed by atoms with Gasteiger partial charge in [0, 0.05) is 17.4 Å². The molecule has 0 saturated carbocycles. The van der Waals surface area contributed by atoms with Crippen LogP contribution < -0.4 is 4.74 Å². The molecule has 2 aromatic rings. The van der Waals surface area contributed by atoms with Crippen LogP contribution in [0.15, 0.2) is 42.7 Å². The maximum Gasteiger partial charge on any atom is 0.284 e. The molecule has 0 atom stereocenters. The van der Waals surface area contributed by atoms with Crippen LogP contribution in [-0.4, -0.2) is 22.3 Å². The molecule has 0 fully saturated rings. The summed E-state index contributed by atoms with van der Waals surface area (Å²) in [6.45, 7) is -0.0523. The topological polar surface area (TPSA) is 44.1 Å². The van der Waals surface area contributed by atoms with Crippen LogP contribution >= 0.6 is 11.6 Å². The summed E-state index contributed by atoms with van der Waals surface area (Å²) in [6.07, 6.45) is 3.12. The Balaban J connectivity index is 1.93. The van der Waals surface area contributed by atoms with Crippen molar-refractivity contribution in [2.45, 2.75) is 0 Å². The third kappa shape index (κ3) is 2.61. The van der Waals surface area contributed by atoms with Gasteiger partial charge in [0.2, 0.25) is 0 Å². The zero-order valence-corrected chi connectivity index (χ0v) is 9.09. The molecule has 0 aliphatic carbocycles. The van der Waals surface area contributed by atoms with E-state index in [1.54, 1.807) is 42.7 Å². The Hall–Kier alpha value is -1.81. The second kappa shape index (κ2) is 4.81. The van der Waals surface area contributed by atoms with Crippen LogP contribution in [0, 0.1) is 0 Å². The lowest BCUT2D eigenvalue weighted by Gasteiger charge is -2.04. The lowest BCUT2D eigenvalue weighted by atomic mass is 10.3. The molecular weight excluding hydrogens is 228 g/mol. The monoisotopic (exact) mass is 236 g/mol. The first-order valence-electron chi connectivity index (χ1n) is 4.67. The first-order valence-corrected chi connectivity index (χ1v) is 5.05. The van der Waals surface area contributed by atoms with Gasteiger partial charge in [0.05, 0.1) is 0 Å². The zero-order valence-electron chi connectivity index (χ0n) is 8.34. The highest BCUT2D eigenvalue weighted by Crippen LogP contribution is 2.15. The van der Waals surface area contributed by atoms with Crippen molar-refractivity contribution >= 4 is 17.5 Å². The van der Waals surface area contributed by atoms with E-state index in [0.717, 1.165) is 0 Å². The third-order valence-corrected chi connectivity index (χ3v) is 2.19. The number of ether oxygens (including phenoxy) is 1. The average molecular weight is 237 g/mol. The minimum Gasteiger partial charge on any atom is -0.484 e. The summed E-state index contributed by atoms with van der Waals surface area (Å²) in [5, 5.41) is 4.44. The molecule has 2 rings (SSSR count). The van der Waals surface area contributed by atoms with Gasteiger partial charge in [-0.15, -0.1) is 0 Å². The first kappa shape index (κ1) is 10.7. The van der Waals surface area contributed by atoms with Gasteiger partial charge in [0.15, 0.2) is 6.61 Å². The quantitative estimate of drug-likeness (QED) is 0.821. The van der Waals surface area contributed by atoms with Crippen LogP contribution in [0.3, 0.4) is 0 Å². The fourth-order valence-electron chi connectivity index (χ4n) is 1.16. The number of nitrogens with zero attached hydrogens (tertiary/aromatic N) is 2. The molecule has 0 amide bonds. The lowest BCUT2D eigenvalue weighted by molar-refractivity contribution is 0.0821. The molecule has 0 radical (unpaired) electrons. The van der Waals surface area contributed by atoms with Crippen molar-refractivity contribution in [1.29, 1.82) is 0 Å². The van der Waals surface area contributed by atoms with Gasteiger partial charge < -0.3 is 4.74 Å². The number of hydrogen-bond acceptors (Lipinski definition) is 3. The highest BCUT2D eigenvalue weighted by molar-refractivity contribution is 6.30. The van der Waals surface area contributed by atoms with Gasteiger partial charge in [0.1, 0.15) is 5.75 Å². The van der Waals surface area contributed by atoms with Gasteiger partial charge in [-0.2, -0.15) is 5.10 Å². The van der Waals surface area contributed by atoms with E-state index in [0.29, 0.717) is 10.8 Å². The average Bonchev–Trinajstić information content (AvgIpc) is 2.81. The fourth-order valence-corrected chi connectivity index (χ4v) is 1.28. The van der Waals surface area contributed by atoms with E-state index in [9.17, 15) is 4.79 Å². The van der Waals surface area contributed by atoms with Crippen molar-refractivity contribution in [1.82, 2.24) is 9.78 Å². The lowest BCUT2D eigenvalue weighted by Crippen LogP contribution is -2.19. The Kier molecular flexibility index (Phi) is 3.22. The van der Waals surface area contributed by atoms with Crippen molar-refractivity contribution in [3.63, 3.8) is 0 Å². The number of benzene rings is 1. The molecule has 1 aromatic carbocycles. The fraction of sp³-hybridized carbons (Fsp3) is 0.0909. The number of rotatable bonds is 3. The van der Waals surface area contributed by atoms with Crippen LogP contribution in [0.2, 0.25) is 5.02 Å². The number of carbonyl (C=O) groups is 1. The molecule has 82 valence electrons. The van der Waals surface area contributed by atoms with Crippen molar-refractivity contribution in [3.05, 3.63) is 47.7 Å². The normalized spacial score (nSPS) is 10.1. The molecule has 0 saturated heterocycles. The number of carbonyl (C=O) groups excluding carboxylic acids is 1. The third-order valence-electron chi connectivity index (χ3n) is 1.94. The van der Waals surface area contributed by atoms with Crippen LogP contribution in [0.1, 0.15) is 4.79 Å². The Morgan fingerprint density at radius 1 is 1.38 bits per heavy atom. The van der Waals surface area contributed by atoms with Gasteiger partial charge >= 0.3 is 0 Å². The number of aromatic nitrogens is 2.